The molecule has 0 spiro atoms. The summed E-state index contributed by atoms with van der Waals surface area (Å²) in [6.07, 6.45) is 2.74. The summed E-state index contributed by atoms with van der Waals surface area (Å²) in [5, 5.41) is 10.3. The maximum absolute atomic E-state index is 10.3. The van der Waals surface area contributed by atoms with Gasteiger partial charge in [-0.15, -0.1) is 0 Å². The Hall–Kier alpha value is -1.98. The van der Waals surface area contributed by atoms with E-state index in [1.807, 2.05) is 0 Å². The number of rotatable bonds is 1. The average Bonchev–Trinajstić information content (AvgIpc) is 2.49. The Balaban J connectivity index is 2.68. The molecule has 59 valence electrons. The summed E-state index contributed by atoms with van der Waals surface area (Å²) in [5.41, 5.74) is 0.921. The number of imidazole rings is 1. The Labute approximate surface area is 66.3 Å². The van der Waals surface area contributed by atoms with Gasteiger partial charge in [-0.05, 0) is 0 Å². The molecule has 2 aromatic heterocycles. The van der Waals surface area contributed by atoms with E-state index in [0.29, 0.717) is 11.2 Å². The average molecular weight is 163 g/mol. The monoisotopic (exact) mass is 163 g/mol. The second kappa shape index (κ2) is 2.26. The number of nitrogens with zero attached hydrogens (tertiary/aromatic N) is 3. The van der Waals surface area contributed by atoms with Crippen molar-refractivity contribution in [3.63, 3.8) is 0 Å². The lowest BCUT2D eigenvalue weighted by atomic mass is 10.5. The molecular formula is C6H3N4O2. The molecule has 0 amide bonds. The lowest BCUT2D eigenvalue weighted by Crippen LogP contribution is -2.01. The van der Waals surface area contributed by atoms with E-state index < -0.39 is 5.97 Å². The summed E-state index contributed by atoms with van der Waals surface area (Å²) in [6.45, 7) is 0. The van der Waals surface area contributed by atoms with Crippen LogP contribution in [0.2, 0.25) is 0 Å². The fourth-order valence-corrected chi connectivity index (χ4v) is 0.837. The third-order valence-corrected chi connectivity index (χ3v) is 1.36. The first-order chi connectivity index (χ1) is 5.77. The van der Waals surface area contributed by atoms with Gasteiger partial charge in [-0.25, -0.2) is 24.9 Å². The number of aromatic nitrogens is 4. The Kier molecular flexibility index (Phi) is 1.26. The molecular weight excluding hydrogens is 160 g/mol. The van der Waals surface area contributed by atoms with Crippen molar-refractivity contribution in [2.24, 2.45) is 0 Å². The molecule has 6 nitrogen and oxygen atoms in total. The first kappa shape index (κ1) is 6.71. The van der Waals surface area contributed by atoms with Crippen molar-refractivity contribution in [2.45, 2.75) is 0 Å². The zero-order valence-electron chi connectivity index (χ0n) is 5.81. The third kappa shape index (κ3) is 0.895. The molecule has 0 fully saturated rings. The standard InChI is InChI=1S/C6H3N4O2/c11-6(12)5-7-1-3-4(10-5)9-2-8-3/h1-2H,(H,7,8,9,10). The summed E-state index contributed by atoms with van der Waals surface area (Å²) in [6, 6.07) is 0. The molecule has 0 unspecified atom stereocenters. The minimum absolute atomic E-state index is 0.341. The molecule has 1 N–H and O–H groups in total. The van der Waals surface area contributed by atoms with Crippen LogP contribution in [0.3, 0.4) is 0 Å². The van der Waals surface area contributed by atoms with E-state index >= 15 is 0 Å². The van der Waals surface area contributed by atoms with Crippen LogP contribution in [0.5, 0.6) is 0 Å². The molecule has 0 aliphatic heterocycles. The predicted molar refractivity (Wildman–Crippen MR) is 36.7 cm³/mol. The molecule has 0 bridgehead atoms. The Morgan fingerprint density at radius 1 is 1.42 bits per heavy atom. The first-order valence-corrected chi connectivity index (χ1v) is 3.15. The molecule has 0 atom stereocenters. The van der Waals surface area contributed by atoms with Crippen LogP contribution in [0.25, 0.3) is 11.2 Å². The zero-order chi connectivity index (χ0) is 8.55. The highest BCUT2D eigenvalue weighted by atomic mass is 16.4. The summed E-state index contributed by atoms with van der Waals surface area (Å²) in [5.74, 6) is -1.74. The van der Waals surface area contributed by atoms with Gasteiger partial charge >= 0.3 is 5.97 Å². The number of aromatic amines is 1. The van der Waals surface area contributed by atoms with E-state index in [1.54, 1.807) is 0 Å². The van der Waals surface area contributed by atoms with Crippen molar-refractivity contribution >= 4 is 17.1 Å². The minimum atomic E-state index is -1.40. The molecule has 0 aliphatic carbocycles. The van der Waals surface area contributed by atoms with Crippen molar-refractivity contribution in [2.75, 3.05) is 0 Å². The Morgan fingerprint density at radius 2 is 2.25 bits per heavy atom. The normalized spacial score (nSPS) is 10.3. The Morgan fingerprint density at radius 3 is 3.00 bits per heavy atom. The highest BCUT2D eigenvalue weighted by Gasteiger charge is 2.09. The van der Waals surface area contributed by atoms with E-state index in [1.165, 1.54) is 12.5 Å². The second-order valence-electron chi connectivity index (χ2n) is 2.12. The molecule has 0 aliphatic rings. The van der Waals surface area contributed by atoms with Crippen molar-refractivity contribution < 1.29 is 9.90 Å². The number of carbonyl (C=O) groups is 1. The van der Waals surface area contributed by atoms with E-state index in [2.05, 4.69) is 19.9 Å². The number of H-pyrrole nitrogens is 1. The fourth-order valence-electron chi connectivity index (χ4n) is 0.837. The van der Waals surface area contributed by atoms with Gasteiger partial charge in [0, 0.05) is 0 Å². The summed E-state index contributed by atoms with van der Waals surface area (Å²) in [7, 11) is 0. The van der Waals surface area contributed by atoms with Gasteiger partial charge in [0.25, 0.3) is 0 Å². The van der Waals surface area contributed by atoms with Crippen molar-refractivity contribution in [3.8, 4) is 0 Å². The molecule has 12 heavy (non-hydrogen) atoms. The maximum Gasteiger partial charge on any atom is 0.423 e. The highest BCUT2D eigenvalue weighted by Crippen LogP contribution is 2.03. The van der Waals surface area contributed by atoms with E-state index in [-0.39, 0.29) is 5.82 Å². The van der Waals surface area contributed by atoms with Crippen molar-refractivity contribution in [1.82, 2.24) is 19.9 Å². The van der Waals surface area contributed by atoms with Crippen LogP contribution in [-0.4, -0.2) is 25.9 Å². The molecule has 6 heteroatoms. The van der Waals surface area contributed by atoms with Crippen molar-refractivity contribution in [1.29, 1.82) is 0 Å². The quantitative estimate of drug-likeness (QED) is 0.636. The van der Waals surface area contributed by atoms with Gasteiger partial charge in [0.1, 0.15) is 5.52 Å². The van der Waals surface area contributed by atoms with Gasteiger partial charge in [-0.1, -0.05) is 0 Å². The van der Waals surface area contributed by atoms with Crippen LogP contribution >= 0.6 is 0 Å². The third-order valence-electron chi connectivity index (χ3n) is 1.36. The van der Waals surface area contributed by atoms with Gasteiger partial charge in [0.05, 0.1) is 12.5 Å². The molecule has 2 heterocycles. The van der Waals surface area contributed by atoms with E-state index in [0.717, 1.165) is 0 Å². The summed E-state index contributed by atoms with van der Waals surface area (Å²) < 4.78 is 0. The van der Waals surface area contributed by atoms with Crippen LogP contribution in [-0.2, 0) is 5.11 Å². The van der Waals surface area contributed by atoms with Crippen molar-refractivity contribution in [3.05, 3.63) is 18.3 Å². The predicted octanol–water partition coefficient (Wildman–Crippen LogP) is -0.0764. The second-order valence-corrected chi connectivity index (χ2v) is 2.12. The van der Waals surface area contributed by atoms with Crippen LogP contribution in [0.15, 0.2) is 12.5 Å². The minimum Gasteiger partial charge on any atom is -0.329 e. The fraction of sp³-hybridized carbons (Fsp3) is 0. The van der Waals surface area contributed by atoms with Gasteiger partial charge in [-0.2, -0.15) is 0 Å². The first-order valence-electron chi connectivity index (χ1n) is 3.15. The smallest absolute Gasteiger partial charge is 0.329 e. The molecule has 1 radical (unpaired) electrons. The molecule has 0 saturated carbocycles. The highest BCUT2D eigenvalue weighted by molar-refractivity contribution is 5.84. The van der Waals surface area contributed by atoms with Gasteiger partial charge in [0.15, 0.2) is 5.65 Å². The van der Waals surface area contributed by atoms with Crippen LogP contribution in [0.4, 0.5) is 0 Å². The van der Waals surface area contributed by atoms with E-state index in [4.69, 9.17) is 0 Å². The van der Waals surface area contributed by atoms with Gasteiger partial charge in [-0.3, -0.25) is 0 Å². The number of carbonyl (C=O) groups excluding carboxylic acids is 1. The molecule has 2 rings (SSSR count). The van der Waals surface area contributed by atoms with E-state index in [9.17, 15) is 9.90 Å². The lowest BCUT2D eigenvalue weighted by Gasteiger charge is -1.88. The molecule has 2 aromatic rings. The number of hydrogen-bond acceptors (Lipinski definition) is 4. The summed E-state index contributed by atoms with van der Waals surface area (Å²) >= 11 is 0. The largest absolute Gasteiger partial charge is 0.423 e. The van der Waals surface area contributed by atoms with Gasteiger partial charge < -0.3 is 4.98 Å². The topological polar surface area (TPSA) is 91.4 Å². The maximum atomic E-state index is 10.3. The zero-order valence-corrected chi connectivity index (χ0v) is 5.81. The van der Waals surface area contributed by atoms with Crippen LogP contribution in [0, 0.1) is 0 Å². The van der Waals surface area contributed by atoms with Crippen LogP contribution in [0.1, 0.15) is 10.6 Å². The lowest BCUT2D eigenvalue weighted by molar-refractivity contribution is 0.0559. The van der Waals surface area contributed by atoms with Crippen LogP contribution < -0.4 is 0 Å². The van der Waals surface area contributed by atoms with Gasteiger partial charge in [0.2, 0.25) is 5.82 Å². The molecule has 0 aromatic carbocycles. The number of nitrogens with one attached hydrogen (secondary N) is 1. The Bertz CT molecular complexity index is 436. The SMILES string of the molecule is [O]C(=O)c1ncc2nc[nH]c2n1. The number of fused-ring (bicyclic) bond motifs is 1. The molecule has 0 saturated heterocycles. The number of hydrogen-bond donors (Lipinski definition) is 1. The summed E-state index contributed by atoms with van der Waals surface area (Å²) in [4.78, 5) is 23.9.